The van der Waals surface area contributed by atoms with Crippen LogP contribution in [-0.2, 0) is 6.54 Å². The molecule has 0 aliphatic carbocycles. The highest BCUT2D eigenvalue weighted by Gasteiger charge is 2.16. The van der Waals surface area contributed by atoms with E-state index in [2.05, 4.69) is 0 Å². The van der Waals surface area contributed by atoms with Gasteiger partial charge in [0.2, 0.25) is 0 Å². The van der Waals surface area contributed by atoms with Gasteiger partial charge in [-0.15, -0.1) is 0 Å². The van der Waals surface area contributed by atoms with E-state index in [4.69, 9.17) is 5.11 Å². The standard InChI is InChI=1S/C11H13NO3S/c13-10-2-1-9(11(14)15)6-12(10)5-8-3-4-16-7-8/h1-2,6,8H,3-5,7H2,(H,14,15). The molecule has 1 fully saturated rings. The number of aromatic nitrogens is 1. The topological polar surface area (TPSA) is 59.3 Å². The van der Waals surface area contributed by atoms with E-state index in [0.717, 1.165) is 17.9 Å². The Bertz CT molecular complexity index is 449. The minimum atomic E-state index is -0.991. The first kappa shape index (κ1) is 11.3. The SMILES string of the molecule is O=C(O)c1ccc(=O)n(CC2CCSC2)c1. The second-order valence-electron chi connectivity index (χ2n) is 3.94. The van der Waals surface area contributed by atoms with Crippen molar-refractivity contribution in [3.8, 4) is 0 Å². The molecule has 0 saturated carbocycles. The van der Waals surface area contributed by atoms with Crippen molar-refractivity contribution in [2.75, 3.05) is 11.5 Å². The highest BCUT2D eigenvalue weighted by Crippen LogP contribution is 2.24. The van der Waals surface area contributed by atoms with Gasteiger partial charge in [-0.2, -0.15) is 11.8 Å². The zero-order valence-corrected chi connectivity index (χ0v) is 9.57. The maximum Gasteiger partial charge on any atom is 0.337 e. The summed E-state index contributed by atoms with van der Waals surface area (Å²) in [6.07, 6.45) is 2.54. The second-order valence-corrected chi connectivity index (χ2v) is 5.09. The summed E-state index contributed by atoms with van der Waals surface area (Å²) in [5, 5.41) is 8.84. The van der Waals surface area contributed by atoms with Gasteiger partial charge < -0.3 is 9.67 Å². The molecule has 0 amide bonds. The molecule has 0 bridgehead atoms. The van der Waals surface area contributed by atoms with Gasteiger partial charge in [0.05, 0.1) is 5.56 Å². The number of nitrogens with zero attached hydrogens (tertiary/aromatic N) is 1. The molecule has 0 aromatic carbocycles. The van der Waals surface area contributed by atoms with Crippen LogP contribution >= 0.6 is 11.8 Å². The van der Waals surface area contributed by atoms with Crippen LogP contribution in [0.5, 0.6) is 0 Å². The molecular formula is C11H13NO3S. The number of hydrogen-bond acceptors (Lipinski definition) is 3. The predicted octanol–water partition coefficient (Wildman–Crippen LogP) is 1.30. The molecule has 0 radical (unpaired) electrons. The minimum Gasteiger partial charge on any atom is -0.478 e. The zero-order valence-electron chi connectivity index (χ0n) is 8.76. The Kier molecular flexibility index (Phi) is 3.33. The Balaban J connectivity index is 2.21. The number of hydrogen-bond donors (Lipinski definition) is 1. The van der Waals surface area contributed by atoms with Crippen molar-refractivity contribution in [3.05, 3.63) is 34.2 Å². The Hall–Kier alpha value is -1.23. The molecule has 1 aliphatic rings. The van der Waals surface area contributed by atoms with E-state index in [1.165, 1.54) is 22.9 Å². The average Bonchev–Trinajstić information content (AvgIpc) is 2.73. The molecule has 2 rings (SSSR count). The number of rotatable bonds is 3. The van der Waals surface area contributed by atoms with E-state index in [-0.39, 0.29) is 11.1 Å². The van der Waals surface area contributed by atoms with Crippen LogP contribution in [-0.4, -0.2) is 27.1 Å². The highest BCUT2D eigenvalue weighted by molar-refractivity contribution is 7.99. The Morgan fingerprint density at radius 1 is 1.56 bits per heavy atom. The minimum absolute atomic E-state index is 0.123. The molecule has 86 valence electrons. The molecule has 1 aliphatic heterocycles. The summed E-state index contributed by atoms with van der Waals surface area (Å²) in [5.41, 5.74) is 0.0483. The lowest BCUT2D eigenvalue weighted by Gasteiger charge is -2.11. The quantitative estimate of drug-likeness (QED) is 0.863. The molecule has 5 heteroatoms. The largest absolute Gasteiger partial charge is 0.478 e. The maximum atomic E-state index is 11.5. The summed E-state index contributed by atoms with van der Waals surface area (Å²) in [4.78, 5) is 22.3. The van der Waals surface area contributed by atoms with Crippen molar-refractivity contribution in [2.24, 2.45) is 5.92 Å². The van der Waals surface area contributed by atoms with Crippen LogP contribution in [0.2, 0.25) is 0 Å². The van der Waals surface area contributed by atoms with E-state index in [1.807, 2.05) is 11.8 Å². The van der Waals surface area contributed by atoms with Gasteiger partial charge in [-0.1, -0.05) is 0 Å². The molecule has 1 atom stereocenters. The molecule has 1 aromatic rings. The van der Waals surface area contributed by atoms with Crippen molar-refractivity contribution < 1.29 is 9.90 Å². The van der Waals surface area contributed by atoms with Crippen LogP contribution in [0.3, 0.4) is 0 Å². The molecule has 1 aromatic heterocycles. The highest BCUT2D eigenvalue weighted by atomic mass is 32.2. The first-order chi connectivity index (χ1) is 7.66. The van der Waals surface area contributed by atoms with E-state index >= 15 is 0 Å². The predicted molar refractivity (Wildman–Crippen MR) is 63.1 cm³/mol. The van der Waals surface area contributed by atoms with Crippen LogP contribution in [0, 0.1) is 5.92 Å². The summed E-state index contributed by atoms with van der Waals surface area (Å²) in [5.74, 6) is 1.70. The monoisotopic (exact) mass is 239 g/mol. The van der Waals surface area contributed by atoms with Gasteiger partial charge in [0.25, 0.3) is 5.56 Å². The summed E-state index contributed by atoms with van der Waals surface area (Å²) in [7, 11) is 0. The average molecular weight is 239 g/mol. The van der Waals surface area contributed by atoms with E-state index in [0.29, 0.717) is 12.5 Å². The maximum absolute atomic E-state index is 11.5. The summed E-state index contributed by atoms with van der Waals surface area (Å²) < 4.78 is 1.51. The molecule has 0 spiro atoms. The van der Waals surface area contributed by atoms with Crippen molar-refractivity contribution in [3.63, 3.8) is 0 Å². The number of carboxylic acid groups (broad SMARTS) is 1. The fourth-order valence-corrected chi connectivity index (χ4v) is 3.08. The molecule has 1 saturated heterocycles. The fraction of sp³-hybridized carbons (Fsp3) is 0.455. The second kappa shape index (κ2) is 4.74. The van der Waals surface area contributed by atoms with Crippen LogP contribution in [0.1, 0.15) is 16.8 Å². The molecule has 4 nitrogen and oxygen atoms in total. The van der Waals surface area contributed by atoms with Crippen LogP contribution in [0.25, 0.3) is 0 Å². The fourth-order valence-electron chi connectivity index (χ4n) is 1.81. The van der Waals surface area contributed by atoms with Crippen molar-refractivity contribution in [1.82, 2.24) is 4.57 Å². The van der Waals surface area contributed by atoms with Gasteiger partial charge in [0.1, 0.15) is 0 Å². The van der Waals surface area contributed by atoms with Gasteiger partial charge in [-0.25, -0.2) is 4.79 Å². The third-order valence-electron chi connectivity index (χ3n) is 2.71. The van der Waals surface area contributed by atoms with E-state index in [1.54, 1.807) is 0 Å². The lowest BCUT2D eigenvalue weighted by Crippen LogP contribution is -2.24. The summed E-state index contributed by atoms with van der Waals surface area (Å²) >= 11 is 1.89. The van der Waals surface area contributed by atoms with E-state index in [9.17, 15) is 9.59 Å². The number of carbonyl (C=O) groups is 1. The van der Waals surface area contributed by atoms with Crippen LogP contribution in [0.15, 0.2) is 23.1 Å². The Morgan fingerprint density at radius 2 is 2.38 bits per heavy atom. The molecule has 16 heavy (non-hydrogen) atoms. The van der Waals surface area contributed by atoms with Crippen molar-refractivity contribution in [2.45, 2.75) is 13.0 Å². The Morgan fingerprint density at radius 3 is 3.00 bits per heavy atom. The Labute approximate surface area is 97.3 Å². The lowest BCUT2D eigenvalue weighted by atomic mass is 10.1. The van der Waals surface area contributed by atoms with Crippen molar-refractivity contribution in [1.29, 1.82) is 0 Å². The summed E-state index contributed by atoms with van der Waals surface area (Å²) in [6.45, 7) is 0.632. The first-order valence-corrected chi connectivity index (χ1v) is 6.34. The normalized spacial score (nSPS) is 19.9. The molecular weight excluding hydrogens is 226 g/mol. The van der Waals surface area contributed by atoms with Crippen molar-refractivity contribution >= 4 is 17.7 Å². The number of thioether (sulfide) groups is 1. The van der Waals surface area contributed by atoms with E-state index < -0.39 is 5.97 Å². The van der Waals surface area contributed by atoms with Gasteiger partial charge >= 0.3 is 5.97 Å². The van der Waals surface area contributed by atoms with Crippen LogP contribution in [0.4, 0.5) is 0 Å². The first-order valence-electron chi connectivity index (χ1n) is 5.18. The molecule has 1 unspecified atom stereocenters. The molecule has 2 heterocycles. The number of aromatic carboxylic acids is 1. The molecule has 1 N–H and O–H groups in total. The van der Waals surface area contributed by atoms with Crippen LogP contribution < -0.4 is 5.56 Å². The summed E-state index contributed by atoms with van der Waals surface area (Å²) in [6, 6.07) is 2.68. The van der Waals surface area contributed by atoms with Gasteiger partial charge in [0.15, 0.2) is 0 Å². The van der Waals surface area contributed by atoms with Gasteiger partial charge in [0, 0.05) is 18.8 Å². The smallest absolute Gasteiger partial charge is 0.337 e. The zero-order chi connectivity index (χ0) is 11.5. The lowest BCUT2D eigenvalue weighted by molar-refractivity contribution is 0.0695. The van der Waals surface area contributed by atoms with Gasteiger partial charge in [-0.3, -0.25) is 4.79 Å². The third-order valence-corrected chi connectivity index (χ3v) is 3.94. The van der Waals surface area contributed by atoms with Gasteiger partial charge in [-0.05, 0) is 29.9 Å². The number of pyridine rings is 1. The third kappa shape index (κ3) is 2.47. The number of carboxylic acids is 1.